The number of thiophene rings is 1. The van der Waals surface area contributed by atoms with Crippen LogP contribution in [0.5, 0.6) is 11.5 Å². The van der Waals surface area contributed by atoms with Gasteiger partial charge in [0.1, 0.15) is 30.2 Å². The molecule has 1 aromatic carbocycles. The zero-order valence-electron chi connectivity index (χ0n) is 11.4. The van der Waals surface area contributed by atoms with E-state index >= 15 is 0 Å². The van der Waals surface area contributed by atoms with Gasteiger partial charge < -0.3 is 14.8 Å². The van der Waals surface area contributed by atoms with Gasteiger partial charge in [0.15, 0.2) is 11.5 Å². The maximum atomic E-state index is 5.60. The van der Waals surface area contributed by atoms with E-state index in [1.807, 2.05) is 18.2 Å². The van der Waals surface area contributed by atoms with Crippen molar-refractivity contribution < 1.29 is 9.47 Å². The van der Waals surface area contributed by atoms with Gasteiger partial charge in [0.2, 0.25) is 0 Å². The summed E-state index contributed by atoms with van der Waals surface area (Å²) >= 11 is 1.66. The van der Waals surface area contributed by atoms with Crippen molar-refractivity contribution in [1.29, 1.82) is 0 Å². The summed E-state index contributed by atoms with van der Waals surface area (Å²) < 4.78 is 11.1. The van der Waals surface area contributed by atoms with Crippen LogP contribution in [0.4, 0.5) is 11.5 Å². The molecule has 21 heavy (non-hydrogen) atoms. The summed E-state index contributed by atoms with van der Waals surface area (Å²) in [5.74, 6) is 2.35. The first-order chi connectivity index (χ1) is 10.3. The standard InChI is InChI=1S/C15H13N3O2S/c1-9-6-11-14(16-8-17-15(11)21-9)18-10-2-3-12-13(7-10)20-5-4-19-12/h2-3,6-8H,4-5H2,1H3,(H,16,17,18). The minimum atomic E-state index is 0.581. The van der Waals surface area contributed by atoms with Crippen LogP contribution in [0.25, 0.3) is 10.2 Å². The quantitative estimate of drug-likeness (QED) is 0.784. The largest absolute Gasteiger partial charge is 0.486 e. The first-order valence-corrected chi connectivity index (χ1v) is 7.49. The Bertz CT molecular complexity index is 816. The number of fused-ring (bicyclic) bond motifs is 2. The molecule has 0 unspecified atom stereocenters. The van der Waals surface area contributed by atoms with Gasteiger partial charge in [0.25, 0.3) is 0 Å². The molecule has 1 aliphatic rings. The van der Waals surface area contributed by atoms with Crippen LogP contribution in [0.2, 0.25) is 0 Å². The molecule has 2 aromatic heterocycles. The molecule has 0 bridgehead atoms. The predicted octanol–water partition coefficient (Wildman–Crippen LogP) is 3.51. The minimum Gasteiger partial charge on any atom is -0.486 e. The third kappa shape index (κ3) is 2.27. The van der Waals surface area contributed by atoms with Crippen LogP contribution in [0.15, 0.2) is 30.6 Å². The van der Waals surface area contributed by atoms with E-state index in [0.717, 1.165) is 33.2 Å². The van der Waals surface area contributed by atoms with E-state index in [9.17, 15) is 0 Å². The fraction of sp³-hybridized carbons (Fsp3) is 0.200. The number of nitrogens with one attached hydrogen (secondary N) is 1. The molecule has 0 aliphatic carbocycles. The lowest BCUT2D eigenvalue weighted by molar-refractivity contribution is 0.171. The fourth-order valence-electron chi connectivity index (χ4n) is 2.33. The van der Waals surface area contributed by atoms with Crippen molar-refractivity contribution in [2.24, 2.45) is 0 Å². The van der Waals surface area contributed by atoms with Crippen molar-refractivity contribution in [3.8, 4) is 11.5 Å². The van der Waals surface area contributed by atoms with E-state index in [4.69, 9.17) is 9.47 Å². The fourth-order valence-corrected chi connectivity index (χ4v) is 3.18. The molecule has 0 saturated heterocycles. The lowest BCUT2D eigenvalue weighted by atomic mass is 10.2. The second-order valence-corrected chi connectivity index (χ2v) is 6.02. The molecule has 5 nitrogen and oxygen atoms in total. The number of rotatable bonds is 2. The van der Waals surface area contributed by atoms with Gasteiger partial charge in [-0.25, -0.2) is 9.97 Å². The zero-order chi connectivity index (χ0) is 14.2. The number of ether oxygens (including phenoxy) is 2. The summed E-state index contributed by atoms with van der Waals surface area (Å²) in [7, 11) is 0. The highest BCUT2D eigenvalue weighted by Gasteiger charge is 2.13. The van der Waals surface area contributed by atoms with Crippen LogP contribution >= 0.6 is 11.3 Å². The summed E-state index contributed by atoms with van der Waals surface area (Å²) in [6.45, 7) is 3.25. The molecule has 0 amide bonds. The van der Waals surface area contributed by atoms with Crippen LogP contribution in [-0.4, -0.2) is 23.2 Å². The normalized spacial score (nSPS) is 13.4. The monoisotopic (exact) mass is 299 g/mol. The molecule has 1 N–H and O–H groups in total. The zero-order valence-corrected chi connectivity index (χ0v) is 12.2. The number of aryl methyl sites for hydroxylation is 1. The summed E-state index contributed by atoms with van der Waals surface area (Å²) in [6, 6.07) is 7.90. The summed E-state index contributed by atoms with van der Waals surface area (Å²) in [4.78, 5) is 10.8. The number of benzene rings is 1. The average Bonchev–Trinajstić information content (AvgIpc) is 2.89. The van der Waals surface area contributed by atoms with Gasteiger partial charge in [-0.1, -0.05) is 0 Å². The Morgan fingerprint density at radius 1 is 1.10 bits per heavy atom. The predicted molar refractivity (Wildman–Crippen MR) is 82.9 cm³/mol. The van der Waals surface area contributed by atoms with Gasteiger partial charge in [-0.2, -0.15) is 0 Å². The van der Waals surface area contributed by atoms with E-state index < -0.39 is 0 Å². The molecule has 3 heterocycles. The number of hydrogen-bond donors (Lipinski definition) is 1. The molecule has 0 spiro atoms. The summed E-state index contributed by atoms with van der Waals surface area (Å²) in [6.07, 6.45) is 1.58. The lowest BCUT2D eigenvalue weighted by Gasteiger charge is -2.19. The molecular weight excluding hydrogens is 286 g/mol. The maximum Gasteiger partial charge on any atom is 0.163 e. The first-order valence-electron chi connectivity index (χ1n) is 6.67. The van der Waals surface area contributed by atoms with Crippen molar-refractivity contribution in [2.75, 3.05) is 18.5 Å². The Morgan fingerprint density at radius 2 is 1.95 bits per heavy atom. The minimum absolute atomic E-state index is 0.581. The molecule has 3 aromatic rings. The second kappa shape index (κ2) is 4.89. The van der Waals surface area contributed by atoms with E-state index in [-0.39, 0.29) is 0 Å². The molecule has 0 radical (unpaired) electrons. The second-order valence-electron chi connectivity index (χ2n) is 4.78. The third-order valence-corrected chi connectivity index (χ3v) is 4.22. The van der Waals surface area contributed by atoms with Crippen molar-refractivity contribution in [2.45, 2.75) is 6.92 Å². The number of aromatic nitrogens is 2. The van der Waals surface area contributed by atoms with Crippen LogP contribution in [0.3, 0.4) is 0 Å². The molecule has 4 rings (SSSR count). The number of nitrogens with zero attached hydrogens (tertiary/aromatic N) is 2. The molecule has 6 heteroatoms. The van der Waals surface area contributed by atoms with Crippen molar-refractivity contribution in [1.82, 2.24) is 9.97 Å². The Balaban J connectivity index is 1.71. The number of anilines is 2. The Hall–Kier alpha value is -2.34. The molecule has 0 saturated carbocycles. The highest BCUT2D eigenvalue weighted by atomic mass is 32.1. The maximum absolute atomic E-state index is 5.60. The smallest absolute Gasteiger partial charge is 0.163 e. The summed E-state index contributed by atoms with van der Waals surface area (Å²) in [5, 5.41) is 4.37. The van der Waals surface area contributed by atoms with Crippen molar-refractivity contribution in [3.63, 3.8) is 0 Å². The topological polar surface area (TPSA) is 56.3 Å². The Labute approximate surface area is 125 Å². The van der Waals surface area contributed by atoms with E-state index in [1.54, 1.807) is 17.7 Å². The van der Waals surface area contributed by atoms with Crippen LogP contribution < -0.4 is 14.8 Å². The Kier molecular flexibility index (Phi) is 2.89. The summed E-state index contributed by atoms with van der Waals surface area (Å²) in [5.41, 5.74) is 0.920. The van der Waals surface area contributed by atoms with E-state index in [2.05, 4.69) is 28.3 Å². The molecule has 0 atom stereocenters. The molecular formula is C15H13N3O2S. The molecule has 0 fully saturated rings. The number of hydrogen-bond acceptors (Lipinski definition) is 6. The van der Waals surface area contributed by atoms with Gasteiger partial charge in [0.05, 0.1) is 5.39 Å². The lowest BCUT2D eigenvalue weighted by Crippen LogP contribution is -2.15. The molecule has 1 aliphatic heterocycles. The third-order valence-electron chi connectivity index (χ3n) is 3.26. The van der Waals surface area contributed by atoms with E-state index in [1.165, 1.54) is 4.88 Å². The van der Waals surface area contributed by atoms with Crippen molar-refractivity contribution >= 4 is 33.1 Å². The van der Waals surface area contributed by atoms with Gasteiger partial charge >= 0.3 is 0 Å². The SMILES string of the molecule is Cc1cc2c(Nc3ccc4c(c3)OCCO4)ncnc2s1. The van der Waals surface area contributed by atoms with E-state index in [0.29, 0.717) is 13.2 Å². The average molecular weight is 299 g/mol. The van der Waals surface area contributed by atoms with Crippen molar-refractivity contribution in [3.05, 3.63) is 35.5 Å². The van der Waals surface area contributed by atoms with Gasteiger partial charge in [-0.3, -0.25) is 0 Å². The Morgan fingerprint density at radius 3 is 2.86 bits per heavy atom. The highest BCUT2D eigenvalue weighted by molar-refractivity contribution is 7.18. The van der Waals surface area contributed by atoms with Gasteiger partial charge in [-0.05, 0) is 25.1 Å². The molecule has 106 valence electrons. The first kappa shape index (κ1) is 12.4. The van der Waals surface area contributed by atoms with Crippen LogP contribution in [0, 0.1) is 6.92 Å². The van der Waals surface area contributed by atoms with Crippen LogP contribution in [0.1, 0.15) is 4.88 Å². The highest BCUT2D eigenvalue weighted by Crippen LogP contribution is 2.35. The van der Waals surface area contributed by atoms with Crippen LogP contribution in [-0.2, 0) is 0 Å². The van der Waals surface area contributed by atoms with Gasteiger partial charge in [0, 0.05) is 16.6 Å². The van der Waals surface area contributed by atoms with Gasteiger partial charge in [-0.15, -0.1) is 11.3 Å².